The van der Waals surface area contributed by atoms with Crippen LogP contribution in [0, 0.1) is 5.82 Å². The lowest BCUT2D eigenvalue weighted by molar-refractivity contribution is 0.0695. The smallest absolute Gasteiger partial charge is 0.336 e. The van der Waals surface area contributed by atoms with E-state index in [4.69, 9.17) is 14.6 Å². The summed E-state index contributed by atoms with van der Waals surface area (Å²) in [6, 6.07) is 9.14. The topological polar surface area (TPSA) is 55.8 Å². The summed E-state index contributed by atoms with van der Waals surface area (Å²) in [5, 5.41) is 9.02. The van der Waals surface area contributed by atoms with Crippen molar-refractivity contribution in [1.82, 2.24) is 0 Å². The lowest BCUT2D eigenvalue weighted by Gasteiger charge is -2.09. The zero-order chi connectivity index (χ0) is 15.4. The molecule has 21 heavy (non-hydrogen) atoms. The minimum absolute atomic E-state index is 0.105. The predicted molar refractivity (Wildman–Crippen MR) is 78.4 cm³/mol. The van der Waals surface area contributed by atoms with Crippen LogP contribution in [0.5, 0.6) is 11.5 Å². The van der Waals surface area contributed by atoms with Crippen molar-refractivity contribution in [3.05, 3.63) is 57.8 Å². The largest absolute Gasteiger partial charge is 0.494 e. The number of carboxylic acids is 1. The quantitative estimate of drug-likeness (QED) is 0.885. The Labute approximate surface area is 129 Å². The first-order valence-electron chi connectivity index (χ1n) is 5.99. The molecule has 0 amide bonds. The molecule has 0 unspecified atom stereocenters. The van der Waals surface area contributed by atoms with E-state index in [1.807, 2.05) is 0 Å². The third-order valence-corrected chi connectivity index (χ3v) is 3.48. The Bertz CT molecular complexity index is 673. The molecule has 4 nitrogen and oxygen atoms in total. The van der Waals surface area contributed by atoms with Gasteiger partial charge in [-0.25, -0.2) is 9.18 Å². The summed E-state index contributed by atoms with van der Waals surface area (Å²) in [6.07, 6.45) is 0. The average Bonchev–Trinajstić information content (AvgIpc) is 2.46. The summed E-state index contributed by atoms with van der Waals surface area (Å²) in [5.41, 5.74) is 0.724. The fourth-order valence-electron chi connectivity index (χ4n) is 1.72. The van der Waals surface area contributed by atoms with E-state index in [2.05, 4.69) is 15.9 Å². The molecule has 2 rings (SSSR count). The number of rotatable bonds is 5. The molecule has 0 bridgehead atoms. The van der Waals surface area contributed by atoms with Crippen LogP contribution >= 0.6 is 15.9 Å². The highest BCUT2D eigenvalue weighted by Crippen LogP contribution is 2.24. The van der Waals surface area contributed by atoms with Crippen LogP contribution in [-0.4, -0.2) is 18.2 Å². The molecule has 0 spiro atoms. The third kappa shape index (κ3) is 3.72. The van der Waals surface area contributed by atoms with Crippen molar-refractivity contribution in [1.29, 1.82) is 0 Å². The summed E-state index contributed by atoms with van der Waals surface area (Å²) in [4.78, 5) is 11.0. The van der Waals surface area contributed by atoms with E-state index in [0.717, 1.165) is 0 Å². The van der Waals surface area contributed by atoms with Crippen molar-refractivity contribution in [2.45, 2.75) is 6.61 Å². The number of carboxylic acid groups (broad SMARTS) is 1. The SMILES string of the molecule is COc1ccc(COc2ccc(Br)c(C(=O)O)c2)cc1F. The number of aromatic carboxylic acids is 1. The maximum atomic E-state index is 13.5. The highest BCUT2D eigenvalue weighted by molar-refractivity contribution is 9.10. The molecule has 0 aliphatic heterocycles. The van der Waals surface area contributed by atoms with Crippen LogP contribution in [0.25, 0.3) is 0 Å². The molecule has 0 aliphatic rings. The van der Waals surface area contributed by atoms with Gasteiger partial charge in [0.25, 0.3) is 0 Å². The van der Waals surface area contributed by atoms with Crippen LogP contribution in [0.1, 0.15) is 15.9 Å². The lowest BCUT2D eigenvalue weighted by atomic mass is 10.2. The fourth-order valence-corrected chi connectivity index (χ4v) is 2.14. The first-order valence-corrected chi connectivity index (χ1v) is 6.78. The van der Waals surface area contributed by atoms with Crippen molar-refractivity contribution in [2.75, 3.05) is 7.11 Å². The van der Waals surface area contributed by atoms with E-state index in [0.29, 0.717) is 15.8 Å². The Hall–Kier alpha value is -2.08. The van der Waals surface area contributed by atoms with Gasteiger partial charge in [-0.2, -0.15) is 0 Å². The van der Waals surface area contributed by atoms with Gasteiger partial charge in [-0.1, -0.05) is 6.07 Å². The summed E-state index contributed by atoms with van der Waals surface area (Å²) in [7, 11) is 1.39. The summed E-state index contributed by atoms with van der Waals surface area (Å²) in [6.45, 7) is 0.127. The molecule has 110 valence electrons. The lowest BCUT2D eigenvalue weighted by Crippen LogP contribution is -2.01. The highest BCUT2D eigenvalue weighted by Gasteiger charge is 2.10. The minimum Gasteiger partial charge on any atom is -0.494 e. The Kier molecular flexibility index (Phi) is 4.80. The molecule has 0 atom stereocenters. The monoisotopic (exact) mass is 354 g/mol. The van der Waals surface area contributed by atoms with Crippen molar-refractivity contribution < 1.29 is 23.8 Å². The first kappa shape index (κ1) is 15.3. The Balaban J connectivity index is 2.11. The first-order chi connectivity index (χ1) is 10.0. The standard InChI is InChI=1S/C15H12BrFO4/c1-20-14-5-2-9(6-13(14)17)8-21-10-3-4-12(16)11(7-10)15(18)19/h2-7H,8H2,1H3,(H,18,19). The second-order valence-corrected chi connectivity index (χ2v) is 5.06. The molecule has 6 heteroatoms. The van der Waals surface area contributed by atoms with E-state index >= 15 is 0 Å². The molecule has 0 aromatic heterocycles. The average molecular weight is 355 g/mol. The molecule has 0 fully saturated rings. The Morgan fingerprint density at radius 1 is 1.29 bits per heavy atom. The molecule has 0 radical (unpaired) electrons. The molecular formula is C15H12BrFO4. The minimum atomic E-state index is -1.05. The number of halogens is 2. The second-order valence-electron chi connectivity index (χ2n) is 4.20. The normalized spacial score (nSPS) is 10.2. The number of carbonyl (C=O) groups is 1. The number of hydrogen-bond donors (Lipinski definition) is 1. The van der Waals surface area contributed by atoms with E-state index in [-0.39, 0.29) is 17.9 Å². The molecule has 0 heterocycles. The van der Waals surface area contributed by atoms with Gasteiger partial charge >= 0.3 is 5.97 Å². The van der Waals surface area contributed by atoms with Crippen LogP contribution in [0.15, 0.2) is 40.9 Å². The van der Waals surface area contributed by atoms with Crippen LogP contribution in [0.4, 0.5) is 4.39 Å². The van der Waals surface area contributed by atoms with Crippen molar-refractivity contribution in [3.63, 3.8) is 0 Å². The molecule has 2 aromatic carbocycles. The van der Waals surface area contributed by atoms with Gasteiger partial charge in [-0.15, -0.1) is 0 Å². The van der Waals surface area contributed by atoms with Gasteiger partial charge in [0.05, 0.1) is 12.7 Å². The van der Waals surface area contributed by atoms with E-state index in [1.54, 1.807) is 18.2 Å². The molecule has 2 aromatic rings. The van der Waals surface area contributed by atoms with Gasteiger partial charge in [-0.05, 0) is 51.8 Å². The van der Waals surface area contributed by atoms with Gasteiger partial charge in [0, 0.05) is 4.47 Å². The Morgan fingerprint density at radius 2 is 2.05 bits per heavy atom. The van der Waals surface area contributed by atoms with Crippen LogP contribution < -0.4 is 9.47 Å². The summed E-state index contributed by atoms with van der Waals surface area (Å²) < 4.78 is 24.3. The van der Waals surface area contributed by atoms with Gasteiger partial charge in [-0.3, -0.25) is 0 Å². The molecule has 1 N–H and O–H groups in total. The summed E-state index contributed by atoms with van der Waals surface area (Å²) in [5.74, 6) is -0.967. The third-order valence-electron chi connectivity index (χ3n) is 2.79. The van der Waals surface area contributed by atoms with Gasteiger partial charge in [0.1, 0.15) is 12.4 Å². The highest BCUT2D eigenvalue weighted by atomic mass is 79.9. The number of ether oxygens (including phenoxy) is 2. The van der Waals surface area contributed by atoms with Crippen molar-refractivity contribution in [2.24, 2.45) is 0 Å². The number of hydrogen-bond acceptors (Lipinski definition) is 3. The fraction of sp³-hybridized carbons (Fsp3) is 0.133. The molecule has 0 saturated heterocycles. The van der Waals surface area contributed by atoms with Crippen LogP contribution in [0.3, 0.4) is 0 Å². The van der Waals surface area contributed by atoms with Gasteiger partial charge < -0.3 is 14.6 Å². The number of methoxy groups -OCH3 is 1. The van der Waals surface area contributed by atoms with Crippen molar-refractivity contribution >= 4 is 21.9 Å². The van der Waals surface area contributed by atoms with Gasteiger partial charge in [0.15, 0.2) is 11.6 Å². The zero-order valence-corrected chi connectivity index (χ0v) is 12.7. The van der Waals surface area contributed by atoms with E-state index < -0.39 is 11.8 Å². The van der Waals surface area contributed by atoms with Crippen molar-refractivity contribution in [3.8, 4) is 11.5 Å². The molecular weight excluding hydrogens is 343 g/mol. The zero-order valence-electron chi connectivity index (χ0n) is 11.1. The number of benzene rings is 2. The Morgan fingerprint density at radius 3 is 2.67 bits per heavy atom. The maximum absolute atomic E-state index is 13.5. The van der Waals surface area contributed by atoms with E-state index in [9.17, 15) is 9.18 Å². The molecule has 0 saturated carbocycles. The summed E-state index contributed by atoms with van der Waals surface area (Å²) >= 11 is 3.15. The predicted octanol–water partition coefficient (Wildman–Crippen LogP) is 3.87. The van der Waals surface area contributed by atoms with Crippen LogP contribution in [-0.2, 0) is 6.61 Å². The van der Waals surface area contributed by atoms with E-state index in [1.165, 1.54) is 25.3 Å². The molecule has 0 aliphatic carbocycles. The maximum Gasteiger partial charge on any atom is 0.336 e. The van der Waals surface area contributed by atoms with Gasteiger partial charge in [0.2, 0.25) is 0 Å². The second kappa shape index (κ2) is 6.58. The van der Waals surface area contributed by atoms with Crippen LogP contribution in [0.2, 0.25) is 0 Å².